The van der Waals surface area contributed by atoms with Gasteiger partial charge in [0.2, 0.25) is 0 Å². The van der Waals surface area contributed by atoms with E-state index in [0.29, 0.717) is 6.61 Å². The Morgan fingerprint density at radius 2 is 1.92 bits per heavy atom. The second kappa shape index (κ2) is 4.24. The highest BCUT2D eigenvalue weighted by Crippen LogP contribution is 2.34. The SMILES string of the molecule is CCCC1(CCC)CC(O)CO1. The van der Waals surface area contributed by atoms with Crippen molar-refractivity contribution in [2.75, 3.05) is 6.61 Å². The van der Waals surface area contributed by atoms with Crippen molar-refractivity contribution in [2.45, 2.75) is 57.7 Å². The van der Waals surface area contributed by atoms with Crippen LogP contribution in [-0.4, -0.2) is 23.4 Å². The van der Waals surface area contributed by atoms with Crippen LogP contribution in [-0.2, 0) is 4.74 Å². The lowest BCUT2D eigenvalue weighted by Crippen LogP contribution is -2.27. The van der Waals surface area contributed by atoms with E-state index in [0.717, 1.165) is 32.1 Å². The monoisotopic (exact) mass is 172 g/mol. The highest BCUT2D eigenvalue weighted by Gasteiger charge is 2.37. The van der Waals surface area contributed by atoms with Gasteiger partial charge in [0.15, 0.2) is 0 Å². The van der Waals surface area contributed by atoms with E-state index in [2.05, 4.69) is 13.8 Å². The minimum atomic E-state index is -0.219. The Bertz CT molecular complexity index is 122. The van der Waals surface area contributed by atoms with Crippen molar-refractivity contribution in [1.29, 1.82) is 0 Å². The number of ether oxygens (including phenoxy) is 1. The lowest BCUT2D eigenvalue weighted by Gasteiger charge is -2.27. The normalized spacial score (nSPS) is 27.8. The van der Waals surface area contributed by atoms with E-state index < -0.39 is 0 Å². The van der Waals surface area contributed by atoms with Crippen LogP contribution in [0, 0.1) is 0 Å². The van der Waals surface area contributed by atoms with Gasteiger partial charge < -0.3 is 9.84 Å². The van der Waals surface area contributed by atoms with Gasteiger partial charge >= 0.3 is 0 Å². The van der Waals surface area contributed by atoms with Gasteiger partial charge in [-0.05, 0) is 12.8 Å². The highest BCUT2D eigenvalue weighted by molar-refractivity contribution is 4.88. The third-order valence-electron chi connectivity index (χ3n) is 2.60. The van der Waals surface area contributed by atoms with Crippen LogP contribution in [0.2, 0.25) is 0 Å². The fraction of sp³-hybridized carbons (Fsp3) is 1.00. The quantitative estimate of drug-likeness (QED) is 0.703. The minimum Gasteiger partial charge on any atom is -0.391 e. The molecule has 0 aliphatic carbocycles. The number of hydrogen-bond donors (Lipinski definition) is 1. The minimum absolute atomic E-state index is 0.0168. The Hall–Kier alpha value is -0.0800. The summed E-state index contributed by atoms with van der Waals surface area (Å²) in [6.07, 6.45) is 5.10. The van der Waals surface area contributed by atoms with Gasteiger partial charge in [-0.3, -0.25) is 0 Å². The average Bonchev–Trinajstić information content (AvgIpc) is 2.34. The summed E-state index contributed by atoms with van der Waals surface area (Å²) in [7, 11) is 0. The van der Waals surface area contributed by atoms with Crippen molar-refractivity contribution in [3.8, 4) is 0 Å². The molecule has 1 fully saturated rings. The third-order valence-corrected chi connectivity index (χ3v) is 2.60. The molecule has 1 heterocycles. The molecule has 1 unspecified atom stereocenters. The smallest absolute Gasteiger partial charge is 0.0801 e. The maximum atomic E-state index is 9.39. The Morgan fingerprint density at radius 1 is 1.33 bits per heavy atom. The molecule has 0 aromatic heterocycles. The molecule has 1 atom stereocenters. The van der Waals surface area contributed by atoms with E-state index in [4.69, 9.17) is 4.74 Å². The van der Waals surface area contributed by atoms with E-state index in [9.17, 15) is 5.11 Å². The molecule has 0 saturated carbocycles. The van der Waals surface area contributed by atoms with Gasteiger partial charge in [0, 0.05) is 6.42 Å². The van der Waals surface area contributed by atoms with Gasteiger partial charge in [0.25, 0.3) is 0 Å². The second-order valence-corrected chi connectivity index (χ2v) is 3.85. The predicted octanol–water partition coefficient (Wildman–Crippen LogP) is 2.11. The zero-order valence-electron chi connectivity index (χ0n) is 8.18. The summed E-state index contributed by atoms with van der Waals surface area (Å²) in [5, 5.41) is 9.39. The predicted molar refractivity (Wildman–Crippen MR) is 49.1 cm³/mol. The maximum Gasteiger partial charge on any atom is 0.0801 e. The number of aliphatic hydroxyl groups excluding tert-OH is 1. The zero-order chi connectivity index (χ0) is 9.03. The molecule has 2 nitrogen and oxygen atoms in total. The summed E-state index contributed by atoms with van der Waals surface area (Å²) >= 11 is 0. The van der Waals surface area contributed by atoms with Crippen LogP contribution in [0.5, 0.6) is 0 Å². The Morgan fingerprint density at radius 3 is 2.25 bits per heavy atom. The fourth-order valence-electron chi connectivity index (χ4n) is 2.20. The van der Waals surface area contributed by atoms with Crippen LogP contribution in [0.3, 0.4) is 0 Å². The molecule has 0 radical (unpaired) electrons. The van der Waals surface area contributed by atoms with E-state index in [-0.39, 0.29) is 11.7 Å². The van der Waals surface area contributed by atoms with Crippen molar-refractivity contribution >= 4 is 0 Å². The van der Waals surface area contributed by atoms with Crippen molar-refractivity contribution in [3.63, 3.8) is 0 Å². The van der Waals surface area contributed by atoms with Crippen LogP contribution in [0.15, 0.2) is 0 Å². The summed E-state index contributed by atoms with van der Waals surface area (Å²) in [4.78, 5) is 0. The number of hydrogen-bond acceptors (Lipinski definition) is 2. The van der Waals surface area contributed by atoms with E-state index in [1.54, 1.807) is 0 Å². The van der Waals surface area contributed by atoms with Gasteiger partial charge in [-0.2, -0.15) is 0 Å². The molecule has 1 N–H and O–H groups in total. The Balaban J connectivity index is 2.48. The van der Waals surface area contributed by atoms with Crippen LogP contribution >= 0.6 is 0 Å². The van der Waals surface area contributed by atoms with Gasteiger partial charge in [-0.25, -0.2) is 0 Å². The summed E-state index contributed by atoms with van der Waals surface area (Å²) in [5.41, 5.74) is 0.0168. The lowest BCUT2D eigenvalue weighted by molar-refractivity contribution is -0.0129. The molecule has 1 aliphatic heterocycles. The Labute approximate surface area is 74.9 Å². The molecule has 2 heteroatoms. The first-order valence-corrected chi connectivity index (χ1v) is 5.04. The molecule has 0 aromatic rings. The van der Waals surface area contributed by atoms with Crippen molar-refractivity contribution in [1.82, 2.24) is 0 Å². The summed E-state index contributed by atoms with van der Waals surface area (Å²) in [6.45, 7) is 4.89. The summed E-state index contributed by atoms with van der Waals surface area (Å²) in [6, 6.07) is 0. The zero-order valence-corrected chi connectivity index (χ0v) is 8.18. The number of aliphatic hydroxyl groups is 1. The first kappa shape index (κ1) is 10.0. The molecule has 0 bridgehead atoms. The third kappa shape index (κ3) is 2.20. The molecular weight excluding hydrogens is 152 g/mol. The molecular formula is C10H20O2. The van der Waals surface area contributed by atoms with Crippen LogP contribution in [0.25, 0.3) is 0 Å². The molecule has 72 valence electrons. The van der Waals surface area contributed by atoms with Gasteiger partial charge in [0.1, 0.15) is 0 Å². The second-order valence-electron chi connectivity index (χ2n) is 3.85. The van der Waals surface area contributed by atoms with Crippen LogP contribution in [0.1, 0.15) is 46.0 Å². The van der Waals surface area contributed by atoms with Gasteiger partial charge in [0.05, 0.1) is 18.3 Å². The molecule has 0 spiro atoms. The van der Waals surface area contributed by atoms with Crippen LogP contribution < -0.4 is 0 Å². The molecule has 0 aromatic carbocycles. The van der Waals surface area contributed by atoms with Crippen molar-refractivity contribution < 1.29 is 9.84 Å². The molecule has 1 aliphatic rings. The van der Waals surface area contributed by atoms with E-state index in [1.807, 2.05) is 0 Å². The summed E-state index contributed by atoms with van der Waals surface area (Å²) in [5.74, 6) is 0. The summed E-state index contributed by atoms with van der Waals surface area (Å²) < 4.78 is 5.68. The Kier molecular flexibility index (Phi) is 3.53. The highest BCUT2D eigenvalue weighted by atomic mass is 16.5. The maximum absolute atomic E-state index is 9.39. The molecule has 0 amide bonds. The first-order valence-electron chi connectivity index (χ1n) is 5.04. The molecule has 12 heavy (non-hydrogen) atoms. The van der Waals surface area contributed by atoms with Crippen molar-refractivity contribution in [3.05, 3.63) is 0 Å². The van der Waals surface area contributed by atoms with E-state index in [1.165, 1.54) is 0 Å². The van der Waals surface area contributed by atoms with Gasteiger partial charge in [-0.15, -0.1) is 0 Å². The van der Waals surface area contributed by atoms with E-state index >= 15 is 0 Å². The molecule has 1 saturated heterocycles. The first-order chi connectivity index (χ1) is 5.72. The number of rotatable bonds is 4. The standard InChI is InChI=1S/C10H20O2/c1-3-5-10(6-4-2)7-9(11)8-12-10/h9,11H,3-8H2,1-2H3. The fourth-order valence-corrected chi connectivity index (χ4v) is 2.20. The lowest BCUT2D eigenvalue weighted by atomic mass is 9.89. The van der Waals surface area contributed by atoms with Gasteiger partial charge in [-0.1, -0.05) is 26.7 Å². The largest absolute Gasteiger partial charge is 0.391 e. The average molecular weight is 172 g/mol. The van der Waals surface area contributed by atoms with Crippen LogP contribution in [0.4, 0.5) is 0 Å². The van der Waals surface area contributed by atoms with Crippen molar-refractivity contribution in [2.24, 2.45) is 0 Å². The molecule has 1 rings (SSSR count). The topological polar surface area (TPSA) is 29.5 Å².